The first kappa shape index (κ1) is 18.1. The summed E-state index contributed by atoms with van der Waals surface area (Å²) in [6.07, 6.45) is 0.889. The number of aliphatic hydroxyl groups is 1. The first-order chi connectivity index (χ1) is 12.6. The first-order valence-electron chi connectivity index (χ1n) is 8.49. The van der Waals surface area contributed by atoms with E-state index in [0.29, 0.717) is 12.0 Å². The molecule has 0 saturated carbocycles. The van der Waals surface area contributed by atoms with Gasteiger partial charge >= 0.3 is 6.09 Å². The van der Waals surface area contributed by atoms with Crippen molar-refractivity contribution in [3.63, 3.8) is 0 Å². The Morgan fingerprint density at radius 2 is 1.88 bits per heavy atom. The molecule has 1 fully saturated rings. The van der Waals surface area contributed by atoms with Gasteiger partial charge in [0.05, 0.1) is 6.04 Å². The fourth-order valence-corrected chi connectivity index (χ4v) is 3.30. The first-order valence-corrected chi connectivity index (χ1v) is 8.49. The smallest absolute Gasteiger partial charge is 0.413 e. The Morgan fingerprint density at radius 1 is 1.19 bits per heavy atom. The lowest BCUT2D eigenvalue weighted by Crippen LogP contribution is -2.48. The van der Waals surface area contributed by atoms with Crippen molar-refractivity contribution in [2.45, 2.75) is 31.0 Å². The third-order valence-electron chi connectivity index (χ3n) is 4.61. The molecule has 3 rings (SSSR count). The highest BCUT2D eigenvalue weighted by Crippen LogP contribution is 2.41. The minimum absolute atomic E-state index is 0.111. The van der Waals surface area contributed by atoms with Crippen LogP contribution in [0, 0.1) is 5.82 Å². The van der Waals surface area contributed by atoms with Gasteiger partial charge < -0.3 is 14.6 Å². The Morgan fingerprint density at radius 3 is 2.54 bits per heavy atom. The summed E-state index contributed by atoms with van der Waals surface area (Å²) in [6.45, 7) is 0.111. The number of hydrogen-bond acceptors (Lipinski definition) is 4. The zero-order chi connectivity index (χ0) is 18.6. The molecule has 0 bridgehead atoms. The minimum atomic E-state index is -1.70. The highest BCUT2D eigenvalue weighted by molar-refractivity contribution is 5.72. The second-order valence-corrected chi connectivity index (χ2v) is 6.26. The van der Waals surface area contributed by atoms with Gasteiger partial charge in [-0.3, -0.25) is 4.90 Å². The molecule has 2 aromatic carbocycles. The lowest BCUT2D eigenvalue weighted by atomic mass is 9.92. The Bertz CT molecular complexity index is 765. The number of cyclic esters (lactones) is 1. The fraction of sp³-hybridized carbons (Fsp3) is 0.300. The maximum absolute atomic E-state index is 13.3. The van der Waals surface area contributed by atoms with Gasteiger partial charge in [-0.25, -0.2) is 9.18 Å². The van der Waals surface area contributed by atoms with E-state index in [-0.39, 0.29) is 19.4 Å². The quantitative estimate of drug-likeness (QED) is 0.608. The third-order valence-corrected chi connectivity index (χ3v) is 4.61. The summed E-state index contributed by atoms with van der Waals surface area (Å²) in [5, 5.41) is 11.5. The minimum Gasteiger partial charge on any atom is -0.447 e. The van der Waals surface area contributed by atoms with E-state index < -0.39 is 23.7 Å². The molecule has 5 nitrogen and oxygen atoms in total. The summed E-state index contributed by atoms with van der Waals surface area (Å²) in [5.41, 5.74) is -0.496. The second-order valence-electron chi connectivity index (χ2n) is 6.26. The van der Waals surface area contributed by atoms with Crippen molar-refractivity contribution in [2.24, 2.45) is 0 Å². The molecule has 1 aliphatic rings. The number of hydrogen-bond donors (Lipinski definition) is 1. The van der Waals surface area contributed by atoms with E-state index in [2.05, 4.69) is 0 Å². The van der Waals surface area contributed by atoms with Crippen LogP contribution in [0.5, 0.6) is 0 Å². The van der Waals surface area contributed by atoms with Gasteiger partial charge in [-0.1, -0.05) is 42.5 Å². The van der Waals surface area contributed by atoms with Crippen LogP contribution in [0.15, 0.2) is 54.6 Å². The average Bonchev–Trinajstić information content (AvgIpc) is 3.05. The molecule has 0 spiro atoms. The van der Waals surface area contributed by atoms with Gasteiger partial charge in [-0.05, 0) is 24.1 Å². The number of amides is 1. The number of benzene rings is 2. The van der Waals surface area contributed by atoms with Gasteiger partial charge in [0, 0.05) is 18.4 Å². The maximum atomic E-state index is 13.3. The van der Waals surface area contributed by atoms with Crippen molar-refractivity contribution in [2.75, 3.05) is 6.61 Å². The van der Waals surface area contributed by atoms with Crippen molar-refractivity contribution in [1.82, 2.24) is 4.90 Å². The summed E-state index contributed by atoms with van der Waals surface area (Å²) in [4.78, 5) is 24.5. The predicted octanol–water partition coefficient (Wildman–Crippen LogP) is 3.53. The van der Waals surface area contributed by atoms with E-state index in [4.69, 9.17) is 4.74 Å². The van der Waals surface area contributed by atoms with Gasteiger partial charge in [0.1, 0.15) is 18.7 Å². The molecule has 0 unspecified atom stereocenters. The van der Waals surface area contributed by atoms with E-state index in [9.17, 15) is 19.1 Å². The van der Waals surface area contributed by atoms with Crippen LogP contribution in [-0.2, 0) is 15.3 Å². The van der Waals surface area contributed by atoms with Crippen LogP contribution >= 0.6 is 0 Å². The molecule has 1 aliphatic heterocycles. The predicted molar refractivity (Wildman–Crippen MR) is 92.6 cm³/mol. The standard InChI is InChI=1S/C20H20FNO4/c21-17-10-8-16(9-11-17)20(25,12-4-5-13-23)22-18(14-26-19(22)24)15-6-2-1-3-7-15/h1-3,6-11,13,18,25H,4-5,12,14H2/t18-,20+/m1/s1. The Kier molecular flexibility index (Phi) is 5.32. The van der Waals surface area contributed by atoms with Crippen LogP contribution in [0.25, 0.3) is 0 Å². The summed E-state index contributed by atoms with van der Waals surface area (Å²) >= 11 is 0. The van der Waals surface area contributed by atoms with Crippen molar-refractivity contribution >= 4 is 12.4 Å². The van der Waals surface area contributed by atoms with E-state index >= 15 is 0 Å². The SMILES string of the molecule is O=CCCC[C@](O)(c1ccc(F)cc1)N1C(=O)OC[C@@H]1c1ccccc1. The lowest BCUT2D eigenvalue weighted by molar-refractivity contribution is -0.112. The molecule has 0 aliphatic carbocycles. The van der Waals surface area contributed by atoms with E-state index in [0.717, 1.165) is 11.8 Å². The summed E-state index contributed by atoms with van der Waals surface area (Å²) in [5.74, 6) is -0.437. The summed E-state index contributed by atoms with van der Waals surface area (Å²) < 4.78 is 18.6. The fourth-order valence-electron chi connectivity index (χ4n) is 3.30. The van der Waals surface area contributed by atoms with Crippen molar-refractivity contribution < 1.29 is 23.8 Å². The van der Waals surface area contributed by atoms with Gasteiger partial charge in [0.25, 0.3) is 0 Å². The number of rotatable bonds is 7. The third kappa shape index (κ3) is 3.46. The molecule has 26 heavy (non-hydrogen) atoms. The van der Waals surface area contributed by atoms with Crippen LogP contribution in [0.2, 0.25) is 0 Å². The van der Waals surface area contributed by atoms with Gasteiger partial charge in [0.2, 0.25) is 0 Å². The Hall–Kier alpha value is -2.73. The van der Waals surface area contributed by atoms with Gasteiger partial charge in [-0.15, -0.1) is 0 Å². The van der Waals surface area contributed by atoms with Crippen LogP contribution in [0.4, 0.5) is 9.18 Å². The number of aldehydes is 1. The van der Waals surface area contributed by atoms with Crippen LogP contribution in [-0.4, -0.2) is 29.0 Å². The lowest BCUT2D eigenvalue weighted by Gasteiger charge is -2.39. The normalized spacial score (nSPS) is 19.1. The number of carbonyl (C=O) groups excluding carboxylic acids is 2. The molecule has 0 radical (unpaired) electrons. The monoisotopic (exact) mass is 357 g/mol. The molecule has 6 heteroatoms. The zero-order valence-corrected chi connectivity index (χ0v) is 14.2. The van der Waals surface area contributed by atoms with Crippen LogP contribution in [0.3, 0.4) is 0 Å². The van der Waals surface area contributed by atoms with E-state index in [1.807, 2.05) is 30.3 Å². The number of halogens is 1. The van der Waals surface area contributed by atoms with Crippen molar-refractivity contribution in [1.29, 1.82) is 0 Å². The topological polar surface area (TPSA) is 66.8 Å². The Balaban J connectivity index is 2.02. The van der Waals surface area contributed by atoms with Gasteiger partial charge in [-0.2, -0.15) is 0 Å². The molecule has 2 atom stereocenters. The second kappa shape index (κ2) is 7.66. The molecule has 1 amide bonds. The molecule has 1 N–H and O–H groups in total. The Labute approximate surface area is 151 Å². The van der Waals surface area contributed by atoms with Crippen LogP contribution in [0.1, 0.15) is 36.4 Å². The molecular weight excluding hydrogens is 337 g/mol. The molecule has 1 saturated heterocycles. The van der Waals surface area contributed by atoms with Crippen LogP contribution < -0.4 is 0 Å². The average molecular weight is 357 g/mol. The largest absolute Gasteiger partial charge is 0.447 e. The number of unbranched alkanes of at least 4 members (excludes halogenated alkanes) is 1. The van der Waals surface area contributed by atoms with E-state index in [1.165, 1.54) is 29.2 Å². The molecule has 1 heterocycles. The summed E-state index contributed by atoms with van der Waals surface area (Å²) in [7, 11) is 0. The molecule has 2 aromatic rings. The summed E-state index contributed by atoms with van der Waals surface area (Å²) in [6, 6.07) is 14.2. The van der Waals surface area contributed by atoms with Gasteiger partial charge in [0.15, 0.2) is 5.72 Å². The maximum Gasteiger partial charge on any atom is 0.413 e. The number of carbonyl (C=O) groups is 2. The van der Waals surface area contributed by atoms with Crippen molar-refractivity contribution in [3.8, 4) is 0 Å². The highest BCUT2D eigenvalue weighted by atomic mass is 19.1. The molecule has 0 aromatic heterocycles. The van der Waals surface area contributed by atoms with Crippen molar-refractivity contribution in [3.05, 3.63) is 71.5 Å². The zero-order valence-electron chi connectivity index (χ0n) is 14.2. The number of nitrogens with zero attached hydrogens (tertiary/aromatic N) is 1. The molecule has 136 valence electrons. The highest BCUT2D eigenvalue weighted by Gasteiger charge is 2.48. The van der Waals surface area contributed by atoms with E-state index in [1.54, 1.807) is 0 Å². The number of ether oxygens (including phenoxy) is 1. The molecular formula is C20H20FNO4.